The zero-order valence-electron chi connectivity index (χ0n) is 9.58. The molecule has 0 saturated carbocycles. The van der Waals surface area contributed by atoms with Crippen LogP contribution in [0.15, 0.2) is 45.6 Å². The summed E-state index contributed by atoms with van der Waals surface area (Å²) in [5, 5.41) is 2.85. The molecule has 0 radical (unpaired) electrons. The van der Waals surface area contributed by atoms with Gasteiger partial charge in [0.2, 0.25) is 0 Å². The topological polar surface area (TPSA) is 42.0 Å². The van der Waals surface area contributed by atoms with Crippen molar-refractivity contribution >= 4 is 43.5 Å². The molecule has 5 heteroatoms. The molecule has 0 atom stereocenters. The van der Waals surface area contributed by atoms with Gasteiger partial charge in [0.25, 0.3) is 5.91 Å². The molecular weight excluding hydrogens is 360 g/mol. The van der Waals surface area contributed by atoms with Crippen LogP contribution in [0.3, 0.4) is 0 Å². The molecular formula is C13H10Br2N2O. The molecule has 0 bridgehead atoms. The highest BCUT2D eigenvalue weighted by Gasteiger charge is 2.08. The first-order chi connectivity index (χ1) is 8.56. The molecule has 18 heavy (non-hydrogen) atoms. The molecule has 0 spiro atoms. The molecule has 2 aromatic rings. The normalized spacial score (nSPS) is 10.2. The number of benzene rings is 1. The number of hydrogen-bond acceptors (Lipinski definition) is 2. The number of pyridine rings is 1. The van der Waals surface area contributed by atoms with Gasteiger partial charge in [0.1, 0.15) is 4.60 Å². The molecule has 1 aromatic heterocycles. The molecule has 0 saturated heterocycles. The van der Waals surface area contributed by atoms with E-state index in [2.05, 4.69) is 42.2 Å². The van der Waals surface area contributed by atoms with Gasteiger partial charge in [0, 0.05) is 16.2 Å². The predicted octanol–water partition coefficient (Wildman–Crippen LogP) is 4.17. The summed E-state index contributed by atoms with van der Waals surface area (Å²) >= 11 is 6.67. The maximum atomic E-state index is 12.0. The number of aryl methyl sites for hydroxylation is 1. The van der Waals surface area contributed by atoms with Gasteiger partial charge in [-0.05, 0) is 68.6 Å². The second-order valence-electron chi connectivity index (χ2n) is 3.80. The standard InChI is InChI=1S/C13H10Br2N2O/c1-8-2-3-11(10(14)6-8)17-13(18)9-4-5-16-12(15)7-9/h2-7H,1H3,(H,17,18). The quantitative estimate of drug-likeness (QED) is 0.807. The van der Waals surface area contributed by atoms with Crippen LogP contribution < -0.4 is 5.32 Å². The van der Waals surface area contributed by atoms with Crippen LogP contribution in [0.5, 0.6) is 0 Å². The number of anilines is 1. The van der Waals surface area contributed by atoms with E-state index >= 15 is 0 Å². The zero-order valence-corrected chi connectivity index (χ0v) is 12.7. The molecule has 0 aliphatic carbocycles. The highest BCUT2D eigenvalue weighted by molar-refractivity contribution is 9.10. The summed E-state index contributed by atoms with van der Waals surface area (Å²) in [7, 11) is 0. The molecule has 1 N–H and O–H groups in total. The van der Waals surface area contributed by atoms with Gasteiger partial charge >= 0.3 is 0 Å². The van der Waals surface area contributed by atoms with E-state index in [-0.39, 0.29) is 5.91 Å². The summed E-state index contributed by atoms with van der Waals surface area (Å²) in [4.78, 5) is 16.0. The van der Waals surface area contributed by atoms with Crippen molar-refractivity contribution in [2.75, 3.05) is 5.32 Å². The minimum atomic E-state index is -0.164. The van der Waals surface area contributed by atoms with Gasteiger partial charge in [-0.25, -0.2) is 4.98 Å². The average molecular weight is 370 g/mol. The highest BCUT2D eigenvalue weighted by Crippen LogP contribution is 2.24. The molecule has 0 aliphatic rings. The van der Waals surface area contributed by atoms with Crippen molar-refractivity contribution in [1.29, 1.82) is 0 Å². The Morgan fingerprint density at radius 2 is 2.00 bits per heavy atom. The van der Waals surface area contributed by atoms with E-state index in [1.807, 2.05) is 25.1 Å². The lowest BCUT2D eigenvalue weighted by molar-refractivity contribution is 0.102. The van der Waals surface area contributed by atoms with Crippen molar-refractivity contribution < 1.29 is 4.79 Å². The Hall–Kier alpha value is -1.20. The first kappa shape index (κ1) is 13.2. The van der Waals surface area contributed by atoms with Gasteiger partial charge in [0.15, 0.2) is 0 Å². The van der Waals surface area contributed by atoms with Gasteiger partial charge in [-0.2, -0.15) is 0 Å². The van der Waals surface area contributed by atoms with E-state index in [0.717, 1.165) is 15.7 Å². The summed E-state index contributed by atoms with van der Waals surface area (Å²) in [5.74, 6) is -0.164. The fraction of sp³-hybridized carbons (Fsp3) is 0.0769. The van der Waals surface area contributed by atoms with Crippen LogP contribution >= 0.6 is 31.9 Å². The third-order valence-corrected chi connectivity index (χ3v) is 3.45. The Labute approximate surface area is 122 Å². The molecule has 1 aromatic carbocycles. The minimum Gasteiger partial charge on any atom is -0.321 e. The first-order valence-corrected chi connectivity index (χ1v) is 6.84. The molecule has 0 aliphatic heterocycles. The number of rotatable bonds is 2. The summed E-state index contributed by atoms with van der Waals surface area (Å²) in [6, 6.07) is 9.12. The van der Waals surface area contributed by atoms with E-state index in [9.17, 15) is 4.79 Å². The van der Waals surface area contributed by atoms with Crippen LogP contribution in [0.25, 0.3) is 0 Å². The largest absolute Gasteiger partial charge is 0.321 e. The first-order valence-electron chi connectivity index (χ1n) is 5.25. The molecule has 1 amide bonds. The summed E-state index contributed by atoms with van der Waals surface area (Å²) in [6.07, 6.45) is 1.59. The van der Waals surface area contributed by atoms with Crippen LogP contribution in [0.1, 0.15) is 15.9 Å². The average Bonchev–Trinajstić information content (AvgIpc) is 2.32. The Morgan fingerprint density at radius 1 is 1.22 bits per heavy atom. The lowest BCUT2D eigenvalue weighted by atomic mass is 10.2. The predicted molar refractivity (Wildman–Crippen MR) is 78.8 cm³/mol. The Kier molecular flexibility index (Phi) is 4.14. The van der Waals surface area contributed by atoms with Gasteiger partial charge in [-0.3, -0.25) is 4.79 Å². The lowest BCUT2D eigenvalue weighted by Crippen LogP contribution is -2.12. The summed E-state index contributed by atoms with van der Waals surface area (Å²) < 4.78 is 1.50. The summed E-state index contributed by atoms with van der Waals surface area (Å²) in [6.45, 7) is 2.00. The maximum Gasteiger partial charge on any atom is 0.255 e. The van der Waals surface area contributed by atoms with Gasteiger partial charge in [0.05, 0.1) is 5.69 Å². The zero-order chi connectivity index (χ0) is 13.1. The van der Waals surface area contributed by atoms with Crippen molar-refractivity contribution in [3.63, 3.8) is 0 Å². The molecule has 1 heterocycles. The Morgan fingerprint density at radius 3 is 2.67 bits per heavy atom. The number of carbonyl (C=O) groups is 1. The minimum absolute atomic E-state index is 0.164. The van der Waals surface area contributed by atoms with E-state index in [4.69, 9.17) is 0 Å². The molecule has 0 unspecified atom stereocenters. The third-order valence-electron chi connectivity index (χ3n) is 2.36. The fourth-order valence-electron chi connectivity index (χ4n) is 1.46. The monoisotopic (exact) mass is 368 g/mol. The number of carbonyl (C=O) groups excluding carboxylic acids is 1. The Bertz CT molecular complexity index is 599. The number of amides is 1. The Balaban J connectivity index is 2.21. The summed E-state index contributed by atoms with van der Waals surface area (Å²) in [5.41, 5.74) is 2.44. The van der Waals surface area contributed by atoms with Crippen molar-refractivity contribution in [2.45, 2.75) is 6.92 Å². The SMILES string of the molecule is Cc1ccc(NC(=O)c2ccnc(Br)c2)c(Br)c1. The van der Waals surface area contributed by atoms with Gasteiger partial charge in [-0.15, -0.1) is 0 Å². The van der Waals surface area contributed by atoms with Crippen molar-refractivity contribution in [2.24, 2.45) is 0 Å². The number of aromatic nitrogens is 1. The number of nitrogens with one attached hydrogen (secondary N) is 1. The fourth-order valence-corrected chi connectivity index (χ4v) is 2.42. The van der Waals surface area contributed by atoms with Crippen molar-refractivity contribution in [1.82, 2.24) is 4.98 Å². The van der Waals surface area contributed by atoms with Crippen LogP contribution in [-0.2, 0) is 0 Å². The van der Waals surface area contributed by atoms with Crippen LogP contribution in [0, 0.1) is 6.92 Å². The van der Waals surface area contributed by atoms with E-state index in [0.29, 0.717) is 10.2 Å². The number of halogens is 2. The second-order valence-corrected chi connectivity index (χ2v) is 5.47. The second kappa shape index (κ2) is 5.63. The van der Waals surface area contributed by atoms with E-state index in [1.54, 1.807) is 18.3 Å². The number of hydrogen-bond donors (Lipinski definition) is 1. The maximum absolute atomic E-state index is 12.0. The van der Waals surface area contributed by atoms with Crippen LogP contribution in [-0.4, -0.2) is 10.9 Å². The third kappa shape index (κ3) is 3.17. The van der Waals surface area contributed by atoms with Crippen molar-refractivity contribution in [3.05, 3.63) is 56.7 Å². The van der Waals surface area contributed by atoms with Crippen molar-refractivity contribution in [3.8, 4) is 0 Å². The van der Waals surface area contributed by atoms with E-state index < -0.39 is 0 Å². The molecule has 3 nitrogen and oxygen atoms in total. The van der Waals surface area contributed by atoms with Crippen LogP contribution in [0.4, 0.5) is 5.69 Å². The van der Waals surface area contributed by atoms with Crippen LogP contribution in [0.2, 0.25) is 0 Å². The molecule has 92 valence electrons. The van der Waals surface area contributed by atoms with Gasteiger partial charge < -0.3 is 5.32 Å². The lowest BCUT2D eigenvalue weighted by Gasteiger charge is -2.08. The number of nitrogens with zero attached hydrogens (tertiary/aromatic N) is 1. The smallest absolute Gasteiger partial charge is 0.255 e. The molecule has 2 rings (SSSR count). The highest BCUT2D eigenvalue weighted by atomic mass is 79.9. The van der Waals surface area contributed by atoms with E-state index in [1.165, 1.54) is 0 Å². The van der Waals surface area contributed by atoms with Gasteiger partial charge in [-0.1, -0.05) is 6.07 Å². The molecule has 0 fully saturated rings.